The average molecular weight is 334 g/mol. The Morgan fingerprint density at radius 2 is 2.04 bits per heavy atom. The quantitative estimate of drug-likeness (QED) is 0.804. The predicted molar refractivity (Wildman–Crippen MR) is 80.6 cm³/mol. The van der Waals surface area contributed by atoms with E-state index >= 15 is 0 Å². The van der Waals surface area contributed by atoms with Crippen molar-refractivity contribution in [1.29, 1.82) is 0 Å². The molecule has 0 fully saturated rings. The second kappa shape index (κ2) is 8.61. The largest absolute Gasteiger partial charge is 0.491 e. The minimum Gasteiger partial charge on any atom is -0.491 e. The summed E-state index contributed by atoms with van der Waals surface area (Å²) in [4.78, 5) is 13.4. The van der Waals surface area contributed by atoms with Gasteiger partial charge in [-0.05, 0) is 31.5 Å². The van der Waals surface area contributed by atoms with Gasteiger partial charge in [-0.25, -0.2) is 4.79 Å². The number of anilines is 1. The molecule has 0 unspecified atom stereocenters. The molecule has 130 valence electrons. The number of carbonyl (C=O) groups excluding carboxylic acids is 1. The molecule has 1 aromatic carbocycles. The number of nitrogens with one attached hydrogen (secondary N) is 1. The third-order valence-corrected chi connectivity index (χ3v) is 3.05. The second-order valence-electron chi connectivity index (χ2n) is 4.79. The van der Waals surface area contributed by atoms with Crippen molar-refractivity contribution in [2.45, 2.75) is 26.4 Å². The normalized spacial score (nSPS) is 11.2. The third-order valence-electron chi connectivity index (χ3n) is 3.05. The third kappa shape index (κ3) is 5.63. The van der Waals surface area contributed by atoms with Crippen molar-refractivity contribution in [3.8, 4) is 5.75 Å². The molecule has 0 radical (unpaired) electrons. The zero-order valence-electron chi connectivity index (χ0n) is 13.1. The molecule has 0 saturated heterocycles. The van der Waals surface area contributed by atoms with Crippen molar-refractivity contribution in [2.75, 3.05) is 31.6 Å². The molecular formula is C15H21F3N2O3. The number of likely N-dealkylation sites (N-methyl/N-ethyl adjacent to an activating group) is 1. The Hall–Kier alpha value is -1.96. The lowest BCUT2D eigenvalue weighted by molar-refractivity contribution is -0.137. The summed E-state index contributed by atoms with van der Waals surface area (Å²) in [5.74, 6) is 0.174. The maximum absolute atomic E-state index is 12.8. The van der Waals surface area contributed by atoms with Crippen molar-refractivity contribution >= 4 is 11.7 Å². The molecular weight excluding hydrogens is 313 g/mol. The fraction of sp³-hybridized carbons (Fsp3) is 0.533. The molecule has 0 spiro atoms. The molecule has 0 bridgehead atoms. The van der Waals surface area contributed by atoms with Crippen molar-refractivity contribution in [3.63, 3.8) is 0 Å². The molecule has 0 aliphatic heterocycles. The van der Waals surface area contributed by atoms with Crippen LogP contribution in [0.15, 0.2) is 18.2 Å². The number of amides is 2. The Labute approximate surface area is 133 Å². The lowest BCUT2D eigenvalue weighted by Gasteiger charge is -2.22. The average Bonchev–Trinajstić information content (AvgIpc) is 2.50. The number of aliphatic hydroxyl groups is 1. The van der Waals surface area contributed by atoms with Crippen molar-refractivity contribution in [3.05, 3.63) is 23.8 Å². The highest BCUT2D eigenvalue weighted by Crippen LogP contribution is 2.35. The molecule has 8 heteroatoms. The van der Waals surface area contributed by atoms with Gasteiger partial charge in [0, 0.05) is 13.1 Å². The van der Waals surface area contributed by atoms with Crippen LogP contribution in [0.2, 0.25) is 0 Å². The number of carbonyl (C=O) groups is 1. The number of aliphatic hydroxyl groups excluding tert-OH is 1. The first-order valence-electron chi connectivity index (χ1n) is 7.34. The molecule has 1 aromatic rings. The van der Waals surface area contributed by atoms with Crippen molar-refractivity contribution < 1.29 is 27.8 Å². The monoisotopic (exact) mass is 334 g/mol. The van der Waals surface area contributed by atoms with E-state index in [1.165, 1.54) is 11.0 Å². The van der Waals surface area contributed by atoms with E-state index in [1.807, 2.05) is 6.92 Å². The van der Waals surface area contributed by atoms with E-state index in [0.717, 1.165) is 12.1 Å². The van der Waals surface area contributed by atoms with Gasteiger partial charge in [0.05, 0.1) is 24.5 Å². The second-order valence-corrected chi connectivity index (χ2v) is 4.79. The summed E-state index contributed by atoms with van der Waals surface area (Å²) in [6.07, 6.45) is -3.84. The smallest absolute Gasteiger partial charge is 0.416 e. The highest BCUT2D eigenvalue weighted by molar-refractivity contribution is 5.91. The number of hydrogen-bond acceptors (Lipinski definition) is 3. The molecule has 0 aliphatic carbocycles. The van der Waals surface area contributed by atoms with Gasteiger partial charge in [-0.3, -0.25) is 0 Å². The summed E-state index contributed by atoms with van der Waals surface area (Å²) in [7, 11) is 0. The van der Waals surface area contributed by atoms with Gasteiger partial charge in [-0.15, -0.1) is 0 Å². The van der Waals surface area contributed by atoms with Crippen LogP contribution in [0, 0.1) is 0 Å². The number of hydrogen-bond donors (Lipinski definition) is 2. The summed E-state index contributed by atoms with van der Waals surface area (Å²) in [5, 5.41) is 11.3. The van der Waals surface area contributed by atoms with E-state index in [0.29, 0.717) is 19.6 Å². The maximum atomic E-state index is 12.8. The topological polar surface area (TPSA) is 61.8 Å². The molecule has 1 rings (SSSR count). The van der Waals surface area contributed by atoms with Crippen LogP contribution in [0.4, 0.5) is 23.7 Å². The summed E-state index contributed by atoms with van der Waals surface area (Å²) < 4.78 is 43.9. The number of halogens is 3. The van der Waals surface area contributed by atoms with E-state index in [1.54, 1.807) is 6.92 Å². The fourth-order valence-electron chi connectivity index (χ4n) is 1.86. The van der Waals surface area contributed by atoms with Crippen LogP contribution in [0.1, 0.15) is 25.8 Å². The number of ether oxygens (including phenoxy) is 1. The summed E-state index contributed by atoms with van der Waals surface area (Å²) >= 11 is 0. The van der Waals surface area contributed by atoms with Crippen LogP contribution in [-0.4, -0.2) is 42.3 Å². The first-order chi connectivity index (χ1) is 10.8. The number of benzene rings is 1. The maximum Gasteiger partial charge on any atom is 0.416 e. The zero-order chi connectivity index (χ0) is 17.5. The first kappa shape index (κ1) is 19.1. The molecule has 0 heterocycles. The molecule has 5 nitrogen and oxygen atoms in total. The molecule has 2 N–H and O–H groups in total. The highest BCUT2D eigenvalue weighted by atomic mass is 19.4. The number of alkyl halides is 3. The van der Waals surface area contributed by atoms with Crippen LogP contribution in [0.25, 0.3) is 0 Å². The van der Waals surface area contributed by atoms with Crippen LogP contribution < -0.4 is 10.1 Å². The molecule has 0 aromatic heterocycles. The molecule has 0 saturated carbocycles. The van der Waals surface area contributed by atoms with Crippen LogP contribution >= 0.6 is 0 Å². The van der Waals surface area contributed by atoms with E-state index in [4.69, 9.17) is 9.84 Å². The minimum atomic E-state index is -4.52. The Morgan fingerprint density at radius 3 is 2.57 bits per heavy atom. The minimum absolute atomic E-state index is 0.0466. The van der Waals surface area contributed by atoms with Gasteiger partial charge in [-0.1, -0.05) is 6.92 Å². The van der Waals surface area contributed by atoms with Gasteiger partial charge in [0.1, 0.15) is 5.75 Å². The van der Waals surface area contributed by atoms with Crippen molar-refractivity contribution in [2.24, 2.45) is 0 Å². The van der Waals surface area contributed by atoms with Gasteiger partial charge in [-0.2, -0.15) is 13.2 Å². The van der Waals surface area contributed by atoms with Crippen LogP contribution in [0.5, 0.6) is 5.75 Å². The van der Waals surface area contributed by atoms with Gasteiger partial charge in [0.25, 0.3) is 0 Å². The van der Waals surface area contributed by atoms with Gasteiger partial charge >= 0.3 is 12.2 Å². The van der Waals surface area contributed by atoms with Gasteiger partial charge in [0.2, 0.25) is 0 Å². The fourth-order valence-corrected chi connectivity index (χ4v) is 1.86. The number of urea groups is 1. The Kier molecular flexibility index (Phi) is 7.15. The Bertz CT molecular complexity index is 521. The standard InChI is InChI=1S/C15H21F3N2O3/c1-3-9-23-13-6-5-11(15(16,17)18)10-12(13)19-14(22)20(4-2)7-8-21/h5-6,10,21H,3-4,7-9H2,1-2H3,(H,19,22). The van der Waals surface area contributed by atoms with Gasteiger partial charge < -0.3 is 20.1 Å². The lowest BCUT2D eigenvalue weighted by atomic mass is 10.1. The summed E-state index contributed by atoms with van der Waals surface area (Å²) in [6, 6.07) is 2.35. The van der Waals surface area contributed by atoms with E-state index in [-0.39, 0.29) is 24.6 Å². The number of nitrogens with zero attached hydrogens (tertiary/aromatic N) is 1. The van der Waals surface area contributed by atoms with E-state index < -0.39 is 17.8 Å². The Balaban J connectivity index is 3.06. The SMILES string of the molecule is CCCOc1ccc(C(F)(F)F)cc1NC(=O)N(CC)CCO. The highest BCUT2D eigenvalue weighted by Gasteiger charge is 2.31. The lowest BCUT2D eigenvalue weighted by Crippen LogP contribution is -2.37. The first-order valence-corrected chi connectivity index (χ1v) is 7.34. The van der Waals surface area contributed by atoms with Gasteiger partial charge in [0.15, 0.2) is 0 Å². The van der Waals surface area contributed by atoms with Crippen LogP contribution in [0.3, 0.4) is 0 Å². The van der Waals surface area contributed by atoms with Crippen molar-refractivity contribution in [1.82, 2.24) is 4.90 Å². The van der Waals surface area contributed by atoms with E-state index in [9.17, 15) is 18.0 Å². The zero-order valence-corrected chi connectivity index (χ0v) is 13.1. The molecule has 0 atom stereocenters. The predicted octanol–water partition coefficient (Wildman–Crippen LogP) is 3.34. The summed E-state index contributed by atoms with van der Waals surface area (Å²) in [5.41, 5.74) is -0.920. The Morgan fingerprint density at radius 1 is 1.35 bits per heavy atom. The molecule has 0 aliphatic rings. The van der Waals surface area contributed by atoms with Crippen LogP contribution in [-0.2, 0) is 6.18 Å². The van der Waals surface area contributed by atoms with E-state index in [2.05, 4.69) is 5.32 Å². The summed E-state index contributed by atoms with van der Waals surface area (Å²) in [6.45, 7) is 4.06. The number of rotatable bonds is 7. The molecule has 2 amide bonds. The molecule has 23 heavy (non-hydrogen) atoms.